The molecule has 6 rings (SSSR count). The van der Waals surface area contributed by atoms with Crippen molar-refractivity contribution in [1.29, 1.82) is 0 Å². The molecule has 2 aliphatic heterocycles. The van der Waals surface area contributed by atoms with Gasteiger partial charge in [0.25, 0.3) is 0 Å². The first-order valence-electron chi connectivity index (χ1n) is 16.4. The molecule has 0 N–H and O–H groups in total. The first-order chi connectivity index (χ1) is 22.4. The summed E-state index contributed by atoms with van der Waals surface area (Å²) in [5.74, 6) is 2.43. The first kappa shape index (κ1) is 32.6. The molecular formula is C36H45N7O4. The number of hydrogen-bond donors (Lipinski definition) is 0. The standard InChI is InChI=1S/C36H45N7O4/c1-25-16-26(2)43(39-25)30-9-7-8-27(17-30)28(18-31(21-44)46-6)19-41-22-36(23-41)12-14-40(15-13-36)20-29-10-11-32-33(38-29)42(24-37-32)34(45)47-35(3,4)5/h7-11,16-17,24,28H,12-15,18-20,22-23H2,1-6H3/t28-/m1/s1. The number of ether oxygens (including phenoxy) is 2. The van der Waals surface area contributed by atoms with Gasteiger partial charge in [-0.05, 0) is 102 Å². The molecular weight excluding hydrogens is 594 g/mol. The van der Waals surface area contributed by atoms with Crippen LogP contribution in [0.4, 0.5) is 4.79 Å². The van der Waals surface area contributed by atoms with Crippen LogP contribution in [0.1, 0.15) is 68.6 Å². The fraction of sp³-hybridized carbons (Fsp3) is 0.500. The molecule has 5 heterocycles. The van der Waals surface area contributed by atoms with Crippen molar-refractivity contribution in [3.8, 4) is 5.69 Å². The van der Waals surface area contributed by atoms with Gasteiger partial charge in [-0.3, -0.25) is 4.90 Å². The monoisotopic (exact) mass is 639 g/mol. The summed E-state index contributed by atoms with van der Waals surface area (Å²) in [7, 11) is 1.54. The van der Waals surface area contributed by atoms with Crippen LogP contribution in [0.25, 0.3) is 16.9 Å². The van der Waals surface area contributed by atoms with E-state index in [1.54, 1.807) is 7.11 Å². The van der Waals surface area contributed by atoms with Gasteiger partial charge < -0.3 is 14.4 Å². The van der Waals surface area contributed by atoms with Gasteiger partial charge in [0.2, 0.25) is 0 Å². The summed E-state index contributed by atoms with van der Waals surface area (Å²) in [6, 6.07) is 14.4. The lowest BCUT2D eigenvalue weighted by Crippen LogP contribution is -2.60. The van der Waals surface area contributed by atoms with Gasteiger partial charge in [-0.1, -0.05) is 12.1 Å². The van der Waals surface area contributed by atoms with Crippen molar-refractivity contribution in [3.63, 3.8) is 0 Å². The fourth-order valence-corrected chi connectivity index (χ4v) is 7.02. The molecule has 11 nitrogen and oxygen atoms in total. The second-order valence-corrected chi connectivity index (χ2v) is 14.3. The van der Waals surface area contributed by atoms with E-state index in [-0.39, 0.29) is 5.92 Å². The highest BCUT2D eigenvalue weighted by Crippen LogP contribution is 2.42. The molecule has 0 aliphatic carbocycles. The molecule has 4 aromatic rings. The number of pyridine rings is 1. The van der Waals surface area contributed by atoms with Crippen LogP contribution in [0, 0.1) is 19.3 Å². The maximum absolute atomic E-state index is 12.7. The Labute approximate surface area is 276 Å². The highest BCUT2D eigenvalue weighted by molar-refractivity contribution is 5.84. The Morgan fingerprint density at radius 3 is 2.49 bits per heavy atom. The van der Waals surface area contributed by atoms with Gasteiger partial charge in [-0.2, -0.15) is 5.10 Å². The van der Waals surface area contributed by atoms with Crippen LogP contribution in [-0.4, -0.2) is 91.6 Å². The lowest BCUT2D eigenvalue weighted by atomic mass is 9.71. The van der Waals surface area contributed by atoms with Gasteiger partial charge in [0.05, 0.1) is 24.2 Å². The summed E-state index contributed by atoms with van der Waals surface area (Å²) >= 11 is 0. The Bertz CT molecular complexity index is 1800. The Morgan fingerprint density at radius 2 is 1.83 bits per heavy atom. The molecule has 0 unspecified atom stereocenters. The zero-order valence-electron chi connectivity index (χ0n) is 28.3. The Kier molecular flexibility index (Phi) is 9.07. The minimum absolute atomic E-state index is 0.0934. The topological polar surface area (TPSA) is 108 Å². The summed E-state index contributed by atoms with van der Waals surface area (Å²) in [6.45, 7) is 15.2. The number of likely N-dealkylation sites (tertiary alicyclic amines) is 2. The fourth-order valence-electron chi connectivity index (χ4n) is 7.02. The highest BCUT2D eigenvalue weighted by atomic mass is 16.6. The van der Waals surface area contributed by atoms with Gasteiger partial charge in [0, 0.05) is 44.2 Å². The number of rotatable bonds is 9. The summed E-state index contributed by atoms with van der Waals surface area (Å²) < 4.78 is 14.3. The van der Waals surface area contributed by atoms with Crippen LogP contribution in [0.5, 0.6) is 0 Å². The molecule has 0 bridgehead atoms. The lowest BCUT2D eigenvalue weighted by molar-refractivity contribution is -0.0508. The van der Waals surface area contributed by atoms with Gasteiger partial charge in [-0.25, -0.2) is 28.8 Å². The van der Waals surface area contributed by atoms with E-state index < -0.39 is 11.7 Å². The molecule has 11 heteroatoms. The van der Waals surface area contributed by atoms with Crippen molar-refractivity contribution in [2.24, 2.45) is 5.41 Å². The number of benzene rings is 1. The number of imidazole rings is 1. The molecule has 0 radical (unpaired) electrons. The van der Waals surface area contributed by atoms with Crippen LogP contribution in [-0.2, 0) is 20.8 Å². The number of hydrogen-bond acceptors (Lipinski definition) is 9. The quantitative estimate of drug-likeness (QED) is 0.175. The summed E-state index contributed by atoms with van der Waals surface area (Å²) in [6.07, 6.45) is 3.75. The molecule has 2 saturated heterocycles. The molecule has 47 heavy (non-hydrogen) atoms. The van der Waals surface area contributed by atoms with E-state index in [1.165, 1.54) is 10.9 Å². The molecule has 248 valence electrons. The maximum atomic E-state index is 12.7. The van der Waals surface area contributed by atoms with Crippen LogP contribution in [0.3, 0.4) is 0 Å². The normalized spacial score (nSPS) is 17.3. The predicted octanol–water partition coefficient (Wildman–Crippen LogP) is 5.45. The smallest absolute Gasteiger partial charge is 0.421 e. The molecule has 1 aromatic carbocycles. The van der Waals surface area contributed by atoms with Gasteiger partial charge in [0.15, 0.2) is 17.3 Å². The molecule has 0 saturated carbocycles. The average Bonchev–Trinajstić information content (AvgIpc) is 3.60. The van der Waals surface area contributed by atoms with E-state index in [0.29, 0.717) is 28.8 Å². The first-order valence-corrected chi connectivity index (χ1v) is 16.4. The summed E-state index contributed by atoms with van der Waals surface area (Å²) in [5.41, 5.74) is 6.06. The molecule has 2 fully saturated rings. The van der Waals surface area contributed by atoms with E-state index in [1.807, 2.05) is 50.5 Å². The second kappa shape index (κ2) is 13.1. The zero-order chi connectivity index (χ0) is 33.3. The van der Waals surface area contributed by atoms with Crippen LogP contribution in [0.2, 0.25) is 0 Å². The third kappa shape index (κ3) is 7.32. The number of methoxy groups -OCH3 is 1. The number of aromatic nitrogens is 5. The largest absolute Gasteiger partial charge is 0.490 e. The maximum Gasteiger partial charge on any atom is 0.421 e. The van der Waals surface area contributed by atoms with E-state index in [0.717, 1.165) is 80.4 Å². The Balaban J connectivity index is 1.07. The van der Waals surface area contributed by atoms with Crippen molar-refractivity contribution in [2.45, 2.75) is 71.9 Å². The SMILES string of the molecule is COC(=C=O)C[C@H](CN1CC2(CCN(Cc3ccc4ncn(C(=O)OC(C)(C)C)c4n3)CC2)C1)c1cccc(-n2nc(C)cc2C)c1. The summed E-state index contributed by atoms with van der Waals surface area (Å²) in [4.78, 5) is 38.4. The van der Waals surface area contributed by atoms with E-state index in [4.69, 9.17) is 14.5 Å². The van der Waals surface area contributed by atoms with Crippen molar-refractivity contribution in [3.05, 3.63) is 77.2 Å². The molecule has 2 aliphatic rings. The number of aryl methyl sites for hydroxylation is 2. The summed E-state index contributed by atoms with van der Waals surface area (Å²) in [5, 5.41) is 4.67. The van der Waals surface area contributed by atoms with Crippen LogP contribution >= 0.6 is 0 Å². The minimum atomic E-state index is -0.600. The van der Waals surface area contributed by atoms with Gasteiger partial charge in [-0.15, -0.1) is 0 Å². The number of allylic oxidation sites excluding steroid dienone is 1. The zero-order valence-corrected chi connectivity index (χ0v) is 28.3. The van der Waals surface area contributed by atoms with Crippen molar-refractivity contribution in [1.82, 2.24) is 34.1 Å². The van der Waals surface area contributed by atoms with Crippen molar-refractivity contribution < 1.29 is 19.1 Å². The number of piperidine rings is 1. The minimum Gasteiger partial charge on any atom is -0.490 e. The van der Waals surface area contributed by atoms with E-state index in [2.05, 4.69) is 57.1 Å². The molecule has 1 spiro atoms. The molecule has 1 atom stereocenters. The predicted molar refractivity (Wildman–Crippen MR) is 179 cm³/mol. The van der Waals surface area contributed by atoms with Crippen LogP contribution in [0.15, 0.2) is 54.6 Å². The average molecular weight is 640 g/mol. The number of nitrogens with zero attached hydrogens (tertiary/aromatic N) is 7. The molecule has 3 aromatic heterocycles. The van der Waals surface area contributed by atoms with E-state index >= 15 is 0 Å². The number of carbonyl (C=O) groups is 1. The third-order valence-electron chi connectivity index (χ3n) is 9.33. The molecule has 0 amide bonds. The second-order valence-electron chi connectivity index (χ2n) is 14.3. The van der Waals surface area contributed by atoms with Crippen LogP contribution < -0.4 is 0 Å². The highest BCUT2D eigenvalue weighted by Gasteiger charge is 2.45. The van der Waals surface area contributed by atoms with Gasteiger partial charge in [0.1, 0.15) is 17.4 Å². The Hall–Kier alpha value is -4.31. The number of fused-ring (bicyclic) bond motifs is 1. The lowest BCUT2D eigenvalue weighted by Gasteiger charge is -2.55. The van der Waals surface area contributed by atoms with E-state index in [9.17, 15) is 9.59 Å². The van der Waals surface area contributed by atoms with Crippen molar-refractivity contribution in [2.75, 3.05) is 39.8 Å². The van der Waals surface area contributed by atoms with Gasteiger partial charge >= 0.3 is 6.09 Å². The third-order valence-corrected chi connectivity index (χ3v) is 9.33. The van der Waals surface area contributed by atoms with Crippen molar-refractivity contribution >= 4 is 23.2 Å². The Morgan fingerprint density at radius 1 is 1.06 bits per heavy atom. The number of carbonyl (C=O) groups excluding carboxylic acids is 2.